The number of piperidine rings is 1. The van der Waals surface area contributed by atoms with E-state index in [0.717, 1.165) is 38.8 Å². The highest BCUT2D eigenvalue weighted by Crippen LogP contribution is 2.17. The average molecular weight is 228 g/mol. The van der Waals surface area contributed by atoms with Crippen LogP contribution in [0.5, 0.6) is 0 Å². The Hall–Kier alpha value is -0.610. The Balaban J connectivity index is 2.27. The van der Waals surface area contributed by atoms with Gasteiger partial charge in [-0.2, -0.15) is 0 Å². The quantitative estimate of drug-likeness (QED) is 0.729. The molecule has 4 nitrogen and oxygen atoms in total. The first-order valence-electron chi connectivity index (χ1n) is 6.31. The van der Waals surface area contributed by atoms with E-state index in [1.54, 1.807) is 0 Å². The van der Waals surface area contributed by atoms with Crippen LogP contribution in [-0.2, 0) is 4.79 Å². The predicted octanol–water partition coefficient (Wildman–Crippen LogP) is 0.735. The van der Waals surface area contributed by atoms with Crippen LogP contribution in [0.1, 0.15) is 39.0 Å². The number of aliphatic hydroxyl groups excluding tert-OH is 1. The van der Waals surface area contributed by atoms with Crippen molar-refractivity contribution < 1.29 is 9.90 Å². The molecule has 1 aliphatic rings. The van der Waals surface area contributed by atoms with E-state index in [-0.39, 0.29) is 18.6 Å². The number of hydrogen-bond acceptors (Lipinski definition) is 3. The lowest BCUT2D eigenvalue weighted by molar-refractivity contribution is -0.133. The summed E-state index contributed by atoms with van der Waals surface area (Å²) < 4.78 is 0. The van der Waals surface area contributed by atoms with Crippen LogP contribution in [0.3, 0.4) is 0 Å². The third kappa shape index (κ3) is 4.10. The zero-order valence-electron chi connectivity index (χ0n) is 10.2. The third-order valence-corrected chi connectivity index (χ3v) is 3.32. The van der Waals surface area contributed by atoms with Gasteiger partial charge < -0.3 is 15.7 Å². The Morgan fingerprint density at radius 1 is 1.50 bits per heavy atom. The summed E-state index contributed by atoms with van der Waals surface area (Å²) in [5, 5.41) is 9.01. The van der Waals surface area contributed by atoms with Gasteiger partial charge in [0, 0.05) is 32.2 Å². The van der Waals surface area contributed by atoms with Gasteiger partial charge >= 0.3 is 0 Å². The summed E-state index contributed by atoms with van der Waals surface area (Å²) in [5.41, 5.74) is 5.86. The fourth-order valence-corrected chi connectivity index (χ4v) is 2.19. The fraction of sp³-hybridized carbons (Fsp3) is 0.917. The monoisotopic (exact) mass is 228 g/mol. The van der Waals surface area contributed by atoms with Crippen LogP contribution in [0, 0.1) is 5.92 Å². The standard InChI is InChI=1S/C12H24N2O2/c1-2-3-11(13)8-12(16)14-6-4-10(9-15)5-7-14/h10-11,15H,2-9,13H2,1H3. The normalized spacial score (nSPS) is 19.8. The van der Waals surface area contributed by atoms with Crippen molar-refractivity contribution in [3.63, 3.8) is 0 Å². The minimum atomic E-state index is 0.00747. The van der Waals surface area contributed by atoms with Crippen molar-refractivity contribution in [2.24, 2.45) is 11.7 Å². The first-order valence-corrected chi connectivity index (χ1v) is 6.31. The number of hydrogen-bond donors (Lipinski definition) is 2. The van der Waals surface area contributed by atoms with Crippen molar-refractivity contribution in [1.29, 1.82) is 0 Å². The van der Waals surface area contributed by atoms with E-state index in [2.05, 4.69) is 6.92 Å². The summed E-state index contributed by atoms with van der Waals surface area (Å²) >= 11 is 0. The molecule has 1 saturated heterocycles. The van der Waals surface area contributed by atoms with Crippen LogP contribution in [-0.4, -0.2) is 41.7 Å². The molecule has 1 amide bonds. The lowest BCUT2D eigenvalue weighted by Crippen LogP contribution is -2.41. The second kappa shape index (κ2) is 6.86. The van der Waals surface area contributed by atoms with Crippen molar-refractivity contribution in [2.45, 2.75) is 45.1 Å². The van der Waals surface area contributed by atoms with Crippen molar-refractivity contribution in [3.05, 3.63) is 0 Å². The molecule has 1 fully saturated rings. The summed E-state index contributed by atoms with van der Waals surface area (Å²) in [5.74, 6) is 0.561. The molecule has 0 aromatic heterocycles. The second-order valence-electron chi connectivity index (χ2n) is 4.76. The molecule has 0 aromatic rings. The van der Waals surface area contributed by atoms with Gasteiger partial charge in [0.25, 0.3) is 0 Å². The maximum Gasteiger partial charge on any atom is 0.224 e. The fourth-order valence-electron chi connectivity index (χ4n) is 2.19. The van der Waals surface area contributed by atoms with Crippen LogP contribution in [0.25, 0.3) is 0 Å². The van der Waals surface area contributed by atoms with Gasteiger partial charge in [0.05, 0.1) is 0 Å². The largest absolute Gasteiger partial charge is 0.396 e. The number of carbonyl (C=O) groups excluding carboxylic acids is 1. The first kappa shape index (κ1) is 13.5. The van der Waals surface area contributed by atoms with E-state index in [1.807, 2.05) is 4.90 Å². The van der Waals surface area contributed by atoms with Gasteiger partial charge in [-0.1, -0.05) is 13.3 Å². The minimum Gasteiger partial charge on any atom is -0.396 e. The van der Waals surface area contributed by atoms with E-state index < -0.39 is 0 Å². The van der Waals surface area contributed by atoms with Crippen molar-refractivity contribution >= 4 is 5.91 Å². The molecular formula is C12H24N2O2. The Labute approximate surface area is 97.8 Å². The van der Waals surface area contributed by atoms with Gasteiger partial charge in [0.1, 0.15) is 0 Å². The van der Waals surface area contributed by atoms with Crippen LogP contribution < -0.4 is 5.73 Å². The summed E-state index contributed by atoms with van der Waals surface area (Å²) in [4.78, 5) is 13.8. The minimum absolute atomic E-state index is 0.00747. The molecule has 0 saturated carbocycles. The number of amides is 1. The molecule has 1 unspecified atom stereocenters. The van der Waals surface area contributed by atoms with Crippen LogP contribution in [0.2, 0.25) is 0 Å². The maximum atomic E-state index is 11.9. The molecule has 4 heteroatoms. The topological polar surface area (TPSA) is 66.6 Å². The molecule has 0 spiro atoms. The molecule has 0 radical (unpaired) electrons. The average Bonchev–Trinajstić information content (AvgIpc) is 2.29. The summed E-state index contributed by atoms with van der Waals surface area (Å²) in [7, 11) is 0. The van der Waals surface area contributed by atoms with E-state index in [1.165, 1.54) is 0 Å². The Morgan fingerprint density at radius 2 is 2.12 bits per heavy atom. The molecule has 0 aliphatic carbocycles. The first-order chi connectivity index (χ1) is 7.67. The van der Waals surface area contributed by atoms with E-state index in [4.69, 9.17) is 10.8 Å². The van der Waals surface area contributed by atoms with E-state index in [0.29, 0.717) is 12.3 Å². The molecular weight excluding hydrogens is 204 g/mol. The number of likely N-dealkylation sites (tertiary alicyclic amines) is 1. The smallest absolute Gasteiger partial charge is 0.224 e. The highest BCUT2D eigenvalue weighted by Gasteiger charge is 2.23. The summed E-state index contributed by atoms with van der Waals surface area (Å²) in [6.45, 7) is 3.89. The molecule has 0 aromatic carbocycles. The lowest BCUT2D eigenvalue weighted by Gasteiger charge is -2.31. The van der Waals surface area contributed by atoms with Crippen molar-refractivity contribution in [3.8, 4) is 0 Å². The van der Waals surface area contributed by atoms with Crippen molar-refractivity contribution in [2.75, 3.05) is 19.7 Å². The predicted molar refractivity (Wildman–Crippen MR) is 63.9 cm³/mol. The van der Waals surface area contributed by atoms with Crippen LogP contribution >= 0.6 is 0 Å². The van der Waals surface area contributed by atoms with Gasteiger partial charge in [-0.25, -0.2) is 0 Å². The Bertz CT molecular complexity index is 213. The van der Waals surface area contributed by atoms with Gasteiger partial charge in [0.15, 0.2) is 0 Å². The van der Waals surface area contributed by atoms with E-state index >= 15 is 0 Å². The van der Waals surface area contributed by atoms with Gasteiger partial charge in [-0.3, -0.25) is 4.79 Å². The Morgan fingerprint density at radius 3 is 2.62 bits per heavy atom. The molecule has 1 aliphatic heterocycles. The third-order valence-electron chi connectivity index (χ3n) is 3.32. The highest BCUT2D eigenvalue weighted by atomic mass is 16.3. The second-order valence-corrected chi connectivity index (χ2v) is 4.76. The molecule has 94 valence electrons. The zero-order chi connectivity index (χ0) is 12.0. The van der Waals surface area contributed by atoms with E-state index in [9.17, 15) is 4.79 Å². The number of nitrogens with zero attached hydrogens (tertiary/aromatic N) is 1. The summed E-state index contributed by atoms with van der Waals surface area (Å²) in [6.07, 6.45) is 4.26. The van der Waals surface area contributed by atoms with Gasteiger partial charge in [-0.05, 0) is 25.2 Å². The summed E-state index contributed by atoms with van der Waals surface area (Å²) in [6, 6.07) is 0.00747. The number of nitrogens with two attached hydrogens (primary N) is 1. The SMILES string of the molecule is CCCC(N)CC(=O)N1CCC(CO)CC1. The molecule has 1 rings (SSSR count). The molecule has 16 heavy (non-hydrogen) atoms. The highest BCUT2D eigenvalue weighted by molar-refractivity contribution is 5.76. The van der Waals surface area contributed by atoms with Gasteiger partial charge in [-0.15, -0.1) is 0 Å². The number of aliphatic hydroxyl groups is 1. The molecule has 1 heterocycles. The lowest BCUT2D eigenvalue weighted by atomic mass is 9.97. The number of carbonyl (C=O) groups is 1. The molecule has 3 N–H and O–H groups in total. The van der Waals surface area contributed by atoms with Crippen molar-refractivity contribution in [1.82, 2.24) is 4.90 Å². The van der Waals surface area contributed by atoms with Gasteiger partial charge in [0.2, 0.25) is 5.91 Å². The number of rotatable bonds is 5. The molecule has 1 atom stereocenters. The van der Waals surface area contributed by atoms with Crippen LogP contribution in [0.4, 0.5) is 0 Å². The molecule has 0 bridgehead atoms. The Kier molecular flexibility index (Phi) is 5.77. The maximum absolute atomic E-state index is 11.9. The zero-order valence-corrected chi connectivity index (χ0v) is 10.2. The van der Waals surface area contributed by atoms with Crippen LogP contribution in [0.15, 0.2) is 0 Å².